The summed E-state index contributed by atoms with van der Waals surface area (Å²) < 4.78 is 0. The molecule has 0 aliphatic heterocycles. The maximum Gasteiger partial charge on any atom is 0.157 e. The molecule has 0 unspecified atom stereocenters. The van der Waals surface area contributed by atoms with Gasteiger partial charge in [0.2, 0.25) is 0 Å². The number of phenolic OH excluding ortho intramolecular Hbond substituents is 2. The predicted octanol–water partition coefficient (Wildman–Crippen LogP) is 3.52. The van der Waals surface area contributed by atoms with Crippen LogP contribution in [-0.4, -0.2) is 16.0 Å². The molecule has 0 radical (unpaired) electrons. The first-order valence-corrected chi connectivity index (χ1v) is 8.09. The molecule has 0 amide bonds. The molecule has 3 nitrogen and oxygen atoms in total. The Bertz CT molecular complexity index is 621. The van der Waals surface area contributed by atoms with Gasteiger partial charge in [-0.3, -0.25) is 4.79 Å². The molecule has 2 fully saturated rings. The third-order valence-corrected chi connectivity index (χ3v) is 6.53. The van der Waals surface area contributed by atoms with E-state index in [0.717, 1.165) is 38.5 Å². The molecule has 3 aliphatic carbocycles. The van der Waals surface area contributed by atoms with Crippen molar-refractivity contribution in [2.24, 2.45) is 17.3 Å². The smallest absolute Gasteiger partial charge is 0.157 e. The van der Waals surface area contributed by atoms with Crippen LogP contribution in [0.2, 0.25) is 0 Å². The van der Waals surface area contributed by atoms with Gasteiger partial charge in [-0.2, -0.15) is 0 Å². The lowest BCUT2D eigenvalue weighted by molar-refractivity contribution is -0.129. The molecule has 0 spiro atoms. The largest absolute Gasteiger partial charge is 0.504 e. The highest BCUT2D eigenvalue weighted by Gasteiger charge is 2.54. The van der Waals surface area contributed by atoms with Crippen LogP contribution in [-0.2, 0) is 11.2 Å². The summed E-state index contributed by atoms with van der Waals surface area (Å²) in [4.78, 5) is 12.3. The van der Waals surface area contributed by atoms with Crippen molar-refractivity contribution in [1.82, 2.24) is 0 Å². The summed E-state index contributed by atoms with van der Waals surface area (Å²) >= 11 is 0. The summed E-state index contributed by atoms with van der Waals surface area (Å²) in [5, 5.41) is 19.5. The first-order chi connectivity index (χ1) is 10.0. The van der Waals surface area contributed by atoms with Crippen molar-refractivity contribution in [3.63, 3.8) is 0 Å². The Balaban J connectivity index is 1.75. The van der Waals surface area contributed by atoms with Crippen LogP contribution in [0.5, 0.6) is 11.5 Å². The maximum absolute atomic E-state index is 12.3. The van der Waals surface area contributed by atoms with E-state index in [1.54, 1.807) is 12.1 Å². The average molecular weight is 286 g/mol. The van der Waals surface area contributed by atoms with E-state index in [1.807, 2.05) is 0 Å². The van der Waals surface area contributed by atoms with Crippen molar-refractivity contribution < 1.29 is 15.0 Å². The second-order valence-corrected chi connectivity index (χ2v) is 7.37. The van der Waals surface area contributed by atoms with Crippen molar-refractivity contribution in [3.8, 4) is 11.5 Å². The molecule has 4 atom stereocenters. The number of aryl methyl sites for hydroxylation is 1. The normalized spacial score (nSPS) is 37.8. The zero-order valence-electron chi connectivity index (χ0n) is 12.4. The number of rotatable bonds is 0. The minimum Gasteiger partial charge on any atom is -0.504 e. The molecule has 2 saturated carbocycles. The van der Waals surface area contributed by atoms with E-state index in [2.05, 4.69) is 6.92 Å². The molecule has 2 N–H and O–H groups in total. The van der Waals surface area contributed by atoms with E-state index >= 15 is 0 Å². The van der Waals surface area contributed by atoms with Crippen LogP contribution in [0.15, 0.2) is 12.1 Å². The molecule has 0 saturated heterocycles. The summed E-state index contributed by atoms with van der Waals surface area (Å²) in [5.41, 5.74) is 2.29. The van der Waals surface area contributed by atoms with E-state index in [0.29, 0.717) is 23.5 Å². The molecular formula is C18H22O3. The number of fused-ring (bicyclic) bond motifs is 5. The van der Waals surface area contributed by atoms with Gasteiger partial charge in [0.25, 0.3) is 0 Å². The Morgan fingerprint density at radius 1 is 1.10 bits per heavy atom. The lowest BCUT2D eigenvalue weighted by atomic mass is 9.55. The van der Waals surface area contributed by atoms with Gasteiger partial charge in [0, 0.05) is 11.8 Å². The number of benzene rings is 1. The van der Waals surface area contributed by atoms with Gasteiger partial charge in [-0.25, -0.2) is 0 Å². The fraction of sp³-hybridized carbons (Fsp3) is 0.611. The van der Waals surface area contributed by atoms with Crippen LogP contribution in [0, 0.1) is 17.3 Å². The second-order valence-electron chi connectivity index (χ2n) is 7.37. The zero-order valence-corrected chi connectivity index (χ0v) is 12.4. The van der Waals surface area contributed by atoms with E-state index in [-0.39, 0.29) is 16.9 Å². The van der Waals surface area contributed by atoms with E-state index in [9.17, 15) is 15.0 Å². The van der Waals surface area contributed by atoms with Crippen molar-refractivity contribution in [1.29, 1.82) is 0 Å². The van der Waals surface area contributed by atoms with Gasteiger partial charge >= 0.3 is 0 Å². The van der Waals surface area contributed by atoms with Gasteiger partial charge in [0.15, 0.2) is 11.5 Å². The SMILES string of the molecule is C[C@]12CC[C@@H]3c4cc(O)c(O)cc4CC[C@H]3[C@@H]1CCC2=O. The highest BCUT2D eigenvalue weighted by molar-refractivity contribution is 5.87. The average Bonchev–Trinajstić information content (AvgIpc) is 2.76. The van der Waals surface area contributed by atoms with Crippen molar-refractivity contribution >= 4 is 5.78 Å². The molecule has 3 heteroatoms. The number of hydrogen-bond acceptors (Lipinski definition) is 3. The fourth-order valence-corrected chi connectivity index (χ4v) is 5.37. The highest BCUT2D eigenvalue weighted by Crippen LogP contribution is 2.59. The molecule has 3 aliphatic rings. The van der Waals surface area contributed by atoms with E-state index < -0.39 is 0 Å². The number of Topliss-reactive ketones (excluding diaryl/α,β-unsaturated/α-hetero) is 1. The molecule has 21 heavy (non-hydrogen) atoms. The quantitative estimate of drug-likeness (QED) is 0.717. The molecule has 0 heterocycles. The molecule has 1 aromatic rings. The zero-order chi connectivity index (χ0) is 14.8. The summed E-state index contributed by atoms with van der Waals surface area (Å²) in [6.07, 6.45) is 5.84. The van der Waals surface area contributed by atoms with E-state index in [1.165, 1.54) is 11.1 Å². The second kappa shape index (κ2) is 4.25. The number of aromatic hydroxyl groups is 2. The number of ketones is 1. The van der Waals surface area contributed by atoms with Crippen molar-refractivity contribution in [2.45, 2.75) is 51.4 Å². The highest BCUT2D eigenvalue weighted by atomic mass is 16.3. The summed E-state index contributed by atoms with van der Waals surface area (Å²) in [7, 11) is 0. The molecule has 0 aromatic heterocycles. The Morgan fingerprint density at radius 3 is 2.67 bits per heavy atom. The van der Waals surface area contributed by atoms with Gasteiger partial charge < -0.3 is 10.2 Å². The standard InChI is InChI=1S/C18H22O3/c1-18-7-6-11-12(14(18)4-5-17(18)21)3-2-10-8-15(19)16(20)9-13(10)11/h8-9,11-12,14,19-20H,2-7H2,1H3/t11-,12+,14-,18-/m0/s1. The Labute approximate surface area is 125 Å². The number of phenols is 2. The van der Waals surface area contributed by atoms with Crippen LogP contribution in [0.3, 0.4) is 0 Å². The lowest BCUT2D eigenvalue weighted by Gasteiger charge is -2.48. The third kappa shape index (κ3) is 1.69. The van der Waals surface area contributed by atoms with Gasteiger partial charge in [-0.15, -0.1) is 0 Å². The van der Waals surface area contributed by atoms with Crippen molar-refractivity contribution in [2.75, 3.05) is 0 Å². The Morgan fingerprint density at radius 2 is 1.86 bits per heavy atom. The summed E-state index contributed by atoms with van der Waals surface area (Å²) in [6.45, 7) is 2.17. The van der Waals surface area contributed by atoms with Gasteiger partial charge in [-0.1, -0.05) is 6.92 Å². The minimum atomic E-state index is -0.0996. The van der Waals surface area contributed by atoms with Gasteiger partial charge in [0.05, 0.1) is 0 Å². The van der Waals surface area contributed by atoms with E-state index in [4.69, 9.17) is 0 Å². The van der Waals surface area contributed by atoms with Gasteiger partial charge in [-0.05, 0) is 73.1 Å². The minimum absolute atomic E-state index is 0.00904. The predicted molar refractivity (Wildman–Crippen MR) is 79.4 cm³/mol. The van der Waals surface area contributed by atoms with Crippen LogP contribution >= 0.6 is 0 Å². The summed E-state index contributed by atoms with van der Waals surface area (Å²) in [5.74, 6) is 1.96. The summed E-state index contributed by atoms with van der Waals surface area (Å²) in [6, 6.07) is 3.50. The molecule has 4 rings (SSSR count). The van der Waals surface area contributed by atoms with Gasteiger partial charge in [0.1, 0.15) is 5.78 Å². The topological polar surface area (TPSA) is 57.5 Å². The lowest BCUT2D eigenvalue weighted by Crippen LogP contribution is -2.42. The fourth-order valence-electron chi connectivity index (χ4n) is 5.37. The monoisotopic (exact) mass is 286 g/mol. The number of carbonyl (C=O) groups excluding carboxylic acids is 1. The molecule has 112 valence electrons. The molecule has 1 aromatic carbocycles. The Kier molecular flexibility index (Phi) is 2.66. The number of carbonyl (C=O) groups is 1. The third-order valence-electron chi connectivity index (χ3n) is 6.53. The van der Waals surface area contributed by atoms with Crippen LogP contribution in [0.25, 0.3) is 0 Å². The molecular weight excluding hydrogens is 264 g/mol. The number of hydrogen-bond donors (Lipinski definition) is 2. The van der Waals surface area contributed by atoms with Crippen LogP contribution in [0.4, 0.5) is 0 Å². The van der Waals surface area contributed by atoms with Crippen molar-refractivity contribution in [3.05, 3.63) is 23.3 Å². The first-order valence-electron chi connectivity index (χ1n) is 8.09. The van der Waals surface area contributed by atoms with Crippen LogP contribution < -0.4 is 0 Å². The first kappa shape index (κ1) is 13.2. The Hall–Kier alpha value is -1.51. The van der Waals surface area contributed by atoms with Crippen LogP contribution in [0.1, 0.15) is 56.1 Å². The maximum atomic E-state index is 12.3. The molecule has 0 bridgehead atoms.